The maximum Gasteiger partial charge on any atom is 0.251 e. The molecule has 0 atom stereocenters. The molecular formula is C19H19NO3. The van der Waals surface area contributed by atoms with Crippen molar-refractivity contribution in [1.82, 2.24) is 5.32 Å². The summed E-state index contributed by atoms with van der Waals surface area (Å²) in [5.74, 6) is -0.110. The van der Waals surface area contributed by atoms with E-state index in [9.17, 15) is 4.79 Å². The standard InChI is InChI=1S/C19H19NO3/c21-19(16-9-5-2-6-10-16)20-17-13-22-18(23-14-17)12-11-15-7-3-1-4-8-15/h1-12,17-18H,13-14H2,(H,20,21)/b12-11+. The zero-order chi connectivity index (χ0) is 15.9. The van der Waals surface area contributed by atoms with Crippen molar-refractivity contribution in [3.63, 3.8) is 0 Å². The van der Waals surface area contributed by atoms with E-state index in [0.29, 0.717) is 18.8 Å². The molecule has 0 saturated carbocycles. The molecule has 1 N–H and O–H groups in total. The number of hydrogen-bond donors (Lipinski definition) is 1. The van der Waals surface area contributed by atoms with Gasteiger partial charge in [-0.25, -0.2) is 0 Å². The zero-order valence-electron chi connectivity index (χ0n) is 12.7. The fraction of sp³-hybridized carbons (Fsp3) is 0.211. The predicted octanol–water partition coefficient (Wildman–Crippen LogP) is 2.87. The van der Waals surface area contributed by atoms with Gasteiger partial charge in [-0.1, -0.05) is 54.6 Å². The molecule has 2 aromatic rings. The van der Waals surface area contributed by atoms with Crippen LogP contribution in [0.4, 0.5) is 0 Å². The second-order valence-electron chi connectivity index (χ2n) is 5.34. The molecule has 0 radical (unpaired) electrons. The van der Waals surface area contributed by atoms with Crippen molar-refractivity contribution >= 4 is 12.0 Å². The average molecular weight is 309 g/mol. The van der Waals surface area contributed by atoms with Crippen LogP contribution in [-0.4, -0.2) is 31.5 Å². The van der Waals surface area contributed by atoms with Gasteiger partial charge in [-0.2, -0.15) is 0 Å². The lowest BCUT2D eigenvalue weighted by Gasteiger charge is -2.28. The number of benzene rings is 2. The van der Waals surface area contributed by atoms with Crippen LogP contribution in [0.15, 0.2) is 66.7 Å². The van der Waals surface area contributed by atoms with E-state index >= 15 is 0 Å². The molecule has 1 heterocycles. The Morgan fingerprint density at radius 2 is 1.57 bits per heavy atom. The Morgan fingerprint density at radius 3 is 2.22 bits per heavy atom. The van der Waals surface area contributed by atoms with Crippen molar-refractivity contribution < 1.29 is 14.3 Å². The smallest absolute Gasteiger partial charge is 0.251 e. The quantitative estimate of drug-likeness (QED) is 0.944. The first-order valence-corrected chi connectivity index (χ1v) is 7.63. The van der Waals surface area contributed by atoms with E-state index < -0.39 is 0 Å². The molecule has 0 unspecified atom stereocenters. The molecule has 4 nitrogen and oxygen atoms in total. The summed E-state index contributed by atoms with van der Waals surface area (Å²) in [5.41, 5.74) is 1.73. The number of ether oxygens (including phenoxy) is 2. The molecule has 0 aromatic heterocycles. The molecule has 0 spiro atoms. The number of hydrogen-bond acceptors (Lipinski definition) is 3. The van der Waals surface area contributed by atoms with Gasteiger partial charge < -0.3 is 14.8 Å². The summed E-state index contributed by atoms with van der Waals surface area (Å²) in [6.07, 6.45) is 3.47. The van der Waals surface area contributed by atoms with Crippen molar-refractivity contribution in [2.75, 3.05) is 13.2 Å². The van der Waals surface area contributed by atoms with E-state index in [-0.39, 0.29) is 18.2 Å². The van der Waals surface area contributed by atoms with Gasteiger partial charge in [-0.05, 0) is 23.8 Å². The molecule has 0 bridgehead atoms. The maximum atomic E-state index is 12.1. The van der Waals surface area contributed by atoms with E-state index in [1.165, 1.54) is 0 Å². The van der Waals surface area contributed by atoms with Crippen molar-refractivity contribution in [3.05, 3.63) is 77.9 Å². The summed E-state index contributed by atoms with van der Waals surface area (Å²) >= 11 is 0. The maximum absolute atomic E-state index is 12.1. The highest BCUT2D eigenvalue weighted by Crippen LogP contribution is 2.10. The van der Waals surface area contributed by atoms with E-state index in [1.54, 1.807) is 12.1 Å². The first-order chi connectivity index (χ1) is 11.3. The van der Waals surface area contributed by atoms with Gasteiger partial charge in [0.2, 0.25) is 0 Å². The average Bonchev–Trinajstić information content (AvgIpc) is 2.63. The molecule has 1 aliphatic heterocycles. The lowest BCUT2D eigenvalue weighted by molar-refractivity contribution is -0.160. The molecule has 23 heavy (non-hydrogen) atoms. The largest absolute Gasteiger partial charge is 0.347 e. The minimum atomic E-state index is -0.375. The number of carbonyl (C=O) groups is 1. The Labute approximate surface area is 135 Å². The monoisotopic (exact) mass is 309 g/mol. The lowest BCUT2D eigenvalue weighted by Crippen LogP contribution is -2.46. The van der Waals surface area contributed by atoms with Gasteiger partial charge in [0.15, 0.2) is 6.29 Å². The number of nitrogens with one attached hydrogen (secondary N) is 1. The first kappa shape index (κ1) is 15.5. The van der Waals surface area contributed by atoms with Crippen molar-refractivity contribution in [2.45, 2.75) is 12.3 Å². The Hall–Kier alpha value is -2.43. The van der Waals surface area contributed by atoms with Gasteiger partial charge >= 0.3 is 0 Å². The van der Waals surface area contributed by atoms with Gasteiger partial charge in [0, 0.05) is 5.56 Å². The van der Waals surface area contributed by atoms with E-state index in [2.05, 4.69) is 5.32 Å². The predicted molar refractivity (Wildman–Crippen MR) is 88.9 cm³/mol. The molecule has 1 saturated heterocycles. The van der Waals surface area contributed by atoms with Gasteiger partial charge in [-0.3, -0.25) is 4.79 Å². The van der Waals surface area contributed by atoms with Crippen LogP contribution < -0.4 is 5.32 Å². The third-order valence-corrected chi connectivity index (χ3v) is 3.54. The summed E-state index contributed by atoms with van der Waals surface area (Å²) in [6, 6.07) is 19.0. The minimum absolute atomic E-state index is 0.110. The van der Waals surface area contributed by atoms with Crippen LogP contribution in [0.5, 0.6) is 0 Å². The highest BCUT2D eigenvalue weighted by atomic mass is 16.7. The molecule has 1 amide bonds. The fourth-order valence-corrected chi connectivity index (χ4v) is 2.32. The van der Waals surface area contributed by atoms with Crippen LogP contribution in [-0.2, 0) is 9.47 Å². The minimum Gasteiger partial charge on any atom is -0.347 e. The van der Waals surface area contributed by atoms with Gasteiger partial charge in [-0.15, -0.1) is 0 Å². The molecule has 1 aliphatic rings. The molecule has 0 aliphatic carbocycles. The van der Waals surface area contributed by atoms with Crippen molar-refractivity contribution in [3.8, 4) is 0 Å². The second-order valence-corrected chi connectivity index (χ2v) is 5.34. The van der Waals surface area contributed by atoms with Crippen LogP contribution in [0.1, 0.15) is 15.9 Å². The summed E-state index contributed by atoms with van der Waals surface area (Å²) in [4.78, 5) is 12.1. The molecule has 118 valence electrons. The van der Waals surface area contributed by atoms with E-state index in [1.807, 2.05) is 60.7 Å². The summed E-state index contributed by atoms with van der Waals surface area (Å²) in [7, 11) is 0. The van der Waals surface area contributed by atoms with Crippen molar-refractivity contribution in [1.29, 1.82) is 0 Å². The highest BCUT2D eigenvalue weighted by Gasteiger charge is 2.22. The molecular weight excluding hydrogens is 290 g/mol. The van der Waals surface area contributed by atoms with Crippen LogP contribution in [0.25, 0.3) is 6.08 Å². The van der Waals surface area contributed by atoms with E-state index in [0.717, 1.165) is 5.56 Å². The summed E-state index contributed by atoms with van der Waals surface area (Å²) in [6.45, 7) is 0.866. The lowest BCUT2D eigenvalue weighted by atomic mass is 10.2. The molecule has 2 aromatic carbocycles. The Morgan fingerprint density at radius 1 is 0.957 bits per heavy atom. The topological polar surface area (TPSA) is 47.6 Å². The Bertz CT molecular complexity index is 647. The SMILES string of the molecule is O=C(NC1COC(/C=C/c2ccccc2)OC1)c1ccccc1. The number of amides is 1. The van der Waals surface area contributed by atoms with Gasteiger partial charge in [0.1, 0.15) is 0 Å². The second kappa shape index (κ2) is 7.72. The summed E-state index contributed by atoms with van der Waals surface area (Å²) < 4.78 is 11.3. The number of rotatable bonds is 4. The van der Waals surface area contributed by atoms with Crippen LogP contribution >= 0.6 is 0 Å². The third-order valence-electron chi connectivity index (χ3n) is 3.54. The first-order valence-electron chi connectivity index (χ1n) is 7.63. The zero-order valence-corrected chi connectivity index (χ0v) is 12.7. The Kier molecular flexibility index (Phi) is 5.19. The van der Waals surface area contributed by atoms with Gasteiger partial charge in [0.05, 0.1) is 19.3 Å². The fourth-order valence-electron chi connectivity index (χ4n) is 2.32. The molecule has 3 rings (SSSR count). The van der Waals surface area contributed by atoms with Crippen LogP contribution in [0, 0.1) is 0 Å². The molecule has 1 fully saturated rings. The highest BCUT2D eigenvalue weighted by molar-refractivity contribution is 5.94. The van der Waals surface area contributed by atoms with Crippen molar-refractivity contribution in [2.24, 2.45) is 0 Å². The third kappa shape index (κ3) is 4.52. The van der Waals surface area contributed by atoms with Crippen LogP contribution in [0.2, 0.25) is 0 Å². The number of carbonyl (C=O) groups excluding carboxylic acids is 1. The van der Waals surface area contributed by atoms with Gasteiger partial charge in [0.25, 0.3) is 5.91 Å². The van der Waals surface area contributed by atoms with Crippen LogP contribution in [0.3, 0.4) is 0 Å². The Balaban J connectivity index is 1.47. The van der Waals surface area contributed by atoms with E-state index in [4.69, 9.17) is 9.47 Å². The summed E-state index contributed by atoms with van der Waals surface area (Å²) in [5, 5.41) is 2.92. The molecule has 4 heteroatoms. The normalized spacial score (nSPS) is 21.2.